The molecule has 2 rings (SSSR count). The van der Waals surface area contributed by atoms with Gasteiger partial charge in [-0.15, -0.1) is 0 Å². The summed E-state index contributed by atoms with van der Waals surface area (Å²) < 4.78 is 5.19. The van der Waals surface area contributed by atoms with Gasteiger partial charge in [-0.3, -0.25) is 9.89 Å². The van der Waals surface area contributed by atoms with E-state index < -0.39 is 11.9 Å². The molecule has 8 heteroatoms. The normalized spacial score (nSPS) is 12.0. The van der Waals surface area contributed by atoms with Gasteiger partial charge in [-0.1, -0.05) is 23.7 Å². The van der Waals surface area contributed by atoms with E-state index in [4.69, 9.17) is 21.4 Å². The van der Waals surface area contributed by atoms with Crippen molar-refractivity contribution in [2.45, 2.75) is 6.04 Å². The molecule has 1 atom stereocenters. The van der Waals surface area contributed by atoms with Gasteiger partial charge in [0.05, 0.1) is 12.6 Å². The van der Waals surface area contributed by atoms with Crippen molar-refractivity contribution in [3.8, 4) is 0 Å². The molecule has 1 amide bonds. The highest BCUT2D eigenvalue weighted by molar-refractivity contribution is 6.30. The van der Waals surface area contributed by atoms with E-state index in [9.17, 15) is 9.59 Å². The van der Waals surface area contributed by atoms with Crippen molar-refractivity contribution in [3.63, 3.8) is 0 Å². The van der Waals surface area contributed by atoms with Gasteiger partial charge < -0.3 is 14.7 Å². The van der Waals surface area contributed by atoms with Gasteiger partial charge in [0.1, 0.15) is 5.69 Å². The SMILES string of the molecule is COCC(c1ccc(Cl)cc1)N(C)C(=O)c1cc(C(=O)O)[nH]n1. The van der Waals surface area contributed by atoms with Gasteiger partial charge >= 0.3 is 5.97 Å². The zero-order chi connectivity index (χ0) is 17.0. The molecule has 2 N–H and O–H groups in total. The van der Waals surface area contributed by atoms with Crippen molar-refractivity contribution in [2.24, 2.45) is 0 Å². The molecule has 0 spiro atoms. The number of carboxylic acids is 1. The number of benzene rings is 1. The number of aromatic amines is 1. The van der Waals surface area contributed by atoms with Crippen molar-refractivity contribution in [3.05, 3.63) is 52.3 Å². The van der Waals surface area contributed by atoms with Gasteiger partial charge in [-0.2, -0.15) is 5.10 Å². The Hall–Kier alpha value is -2.38. The van der Waals surface area contributed by atoms with Gasteiger partial charge in [-0.05, 0) is 17.7 Å². The molecule has 1 unspecified atom stereocenters. The topological polar surface area (TPSA) is 95.5 Å². The molecule has 0 fully saturated rings. The molecule has 1 aromatic carbocycles. The van der Waals surface area contributed by atoms with E-state index in [1.807, 2.05) is 12.1 Å². The van der Waals surface area contributed by atoms with Gasteiger partial charge in [0, 0.05) is 25.2 Å². The first-order valence-electron chi connectivity index (χ1n) is 6.74. The molecule has 1 heterocycles. The smallest absolute Gasteiger partial charge is 0.353 e. The number of rotatable bonds is 6. The summed E-state index contributed by atoms with van der Waals surface area (Å²) in [5.41, 5.74) is 0.734. The number of halogens is 1. The van der Waals surface area contributed by atoms with Crippen LogP contribution >= 0.6 is 11.6 Å². The first-order valence-corrected chi connectivity index (χ1v) is 7.12. The van der Waals surface area contributed by atoms with Crippen molar-refractivity contribution < 1.29 is 19.4 Å². The van der Waals surface area contributed by atoms with Crippen LogP contribution in [0.15, 0.2) is 30.3 Å². The number of hydrogen-bond donors (Lipinski definition) is 2. The van der Waals surface area contributed by atoms with Crippen molar-refractivity contribution in [1.82, 2.24) is 15.1 Å². The summed E-state index contributed by atoms with van der Waals surface area (Å²) in [6.45, 7) is 0.278. The van der Waals surface area contributed by atoms with Gasteiger partial charge in [-0.25, -0.2) is 4.79 Å². The molecule has 0 aliphatic heterocycles. The summed E-state index contributed by atoms with van der Waals surface area (Å²) in [6, 6.07) is 7.93. The number of nitrogens with one attached hydrogen (secondary N) is 1. The second-order valence-corrected chi connectivity index (χ2v) is 5.35. The standard InChI is InChI=1S/C15H16ClN3O4/c1-19(14(20)11-7-12(15(21)22)18-17-11)13(8-23-2)9-3-5-10(16)6-4-9/h3-7,13H,8H2,1-2H3,(H,17,18)(H,21,22). The highest BCUT2D eigenvalue weighted by Gasteiger charge is 2.25. The number of likely N-dealkylation sites (N-methyl/N-ethyl adjacent to an activating group) is 1. The lowest BCUT2D eigenvalue weighted by molar-refractivity contribution is 0.0596. The number of nitrogens with zero attached hydrogens (tertiary/aromatic N) is 2. The number of carboxylic acid groups (broad SMARTS) is 1. The van der Waals surface area contributed by atoms with E-state index in [1.54, 1.807) is 19.2 Å². The van der Waals surface area contributed by atoms with Crippen LogP contribution in [0.2, 0.25) is 5.02 Å². The van der Waals surface area contributed by atoms with E-state index in [1.165, 1.54) is 18.1 Å². The minimum atomic E-state index is -1.18. The summed E-state index contributed by atoms with van der Waals surface area (Å²) in [5.74, 6) is -1.59. The average Bonchev–Trinajstić information content (AvgIpc) is 3.02. The van der Waals surface area contributed by atoms with E-state index in [2.05, 4.69) is 10.2 Å². The third-order valence-electron chi connectivity index (χ3n) is 3.39. The van der Waals surface area contributed by atoms with Crippen LogP contribution in [0.25, 0.3) is 0 Å². The third kappa shape index (κ3) is 3.88. The molecule has 122 valence electrons. The Bertz CT molecular complexity index is 699. The molecule has 2 aromatic rings. The lowest BCUT2D eigenvalue weighted by atomic mass is 10.1. The fraction of sp³-hybridized carbons (Fsp3) is 0.267. The molecule has 0 bridgehead atoms. The van der Waals surface area contributed by atoms with Crippen molar-refractivity contribution in [1.29, 1.82) is 0 Å². The summed E-state index contributed by atoms with van der Waals surface area (Å²) in [6.07, 6.45) is 0. The summed E-state index contributed by atoms with van der Waals surface area (Å²) in [5, 5.41) is 15.5. The number of ether oxygens (including phenoxy) is 1. The second-order valence-electron chi connectivity index (χ2n) is 4.91. The fourth-order valence-electron chi connectivity index (χ4n) is 2.14. The number of carbonyl (C=O) groups excluding carboxylic acids is 1. The van der Waals surface area contributed by atoms with Gasteiger partial charge in [0.2, 0.25) is 0 Å². The lowest BCUT2D eigenvalue weighted by Gasteiger charge is -2.27. The maximum Gasteiger partial charge on any atom is 0.353 e. The Morgan fingerprint density at radius 1 is 1.39 bits per heavy atom. The van der Waals surface area contributed by atoms with Gasteiger partial charge in [0.15, 0.2) is 5.69 Å². The molecule has 0 aliphatic carbocycles. The van der Waals surface area contributed by atoms with Crippen LogP contribution in [0.4, 0.5) is 0 Å². The van der Waals surface area contributed by atoms with Crippen LogP contribution in [0.1, 0.15) is 32.6 Å². The molecule has 0 radical (unpaired) electrons. The van der Waals surface area contributed by atoms with E-state index >= 15 is 0 Å². The number of hydrogen-bond acceptors (Lipinski definition) is 4. The lowest BCUT2D eigenvalue weighted by Crippen LogP contribution is -2.34. The zero-order valence-corrected chi connectivity index (χ0v) is 13.4. The first kappa shape index (κ1) is 17.0. The van der Waals surface area contributed by atoms with Crippen LogP contribution in [0.3, 0.4) is 0 Å². The Balaban J connectivity index is 2.25. The predicted octanol–water partition coefficient (Wildman–Crippen LogP) is 2.22. The quantitative estimate of drug-likeness (QED) is 0.842. The molecule has 0 saturated carbocycles. The maximum atomic E-state index is 12.5. The Morgan fingerprint density at radius 2 is 2.04 bits per heavy atom. The number of H-pyrrole nitrogens is 1. The van der Waals surface area contributed by atoms with Crippen LogP contribution in [0, 0.1) is 0 Å². The fourth-order valence-corrected chi connectivity index (χ4v) is 2.26. The number of carbonyl (C=O) groups is 2. The average molecular weight is 338 g/mol. The highest BCUT2D eigenvalue weighted by atomic mass is 35.5. The van der Waals surface area contributed by atoms with E-state index in [0.717, 1.165) is 5.56 Å². The van der Waals surface area contributed by atoms with Crippen LogP contribution in [-0.4, -0.2) is 52.8 Å². The summed E-state index contributed by atoms with van der Waals surface area (Å²) in [7, 11) is 3.15. The zero-order valence-electron chi connectivity index (χ0n) is 12.6. The number of methoxy groups -OCH3 is 1. The maximum absolute atomic E-state index is 12.5. The molecule has 0 saturated heterocycles. The highest BCUT2D eigenvalue weighted by Crippen LogP contribution is 2.23. The van der Waals surface area contributed by atoms with Crippen LogP contribution in [0.5, 0.6) is 0 Å². The Morgan fingerprint density at radius 3 is 2.57 bits per heavy atom. The number of amides is 1. The third-order valence-corrected chi connectivity index (χ3v) is 3.65. The summed E-state index contributed by atoms with van der Waals surface area (Å²) in [4.78, 5) is 24.8. The monoisotopic (exact) mass is 337 g/mol. The van der Waals surface area contributed by atoms with E-state index in [0.29, 0.717) is 5.02 Å². The Kier molecular flexibility index (Phi) is 5.36. The van der Waals surface area contributed by atoms with Gasteiger partial charge in [0.25, 0.3) is 5.91 Å². The van der Waals surface area contributed by atoms with Crippen molar-refractivity contribution >= 4 is 23.5 Å². The molecule has 7 nitrogen and oxygen atoms in total. The number of aromatic carboxylic acids is 1. The predicted molar refractivity (Wildman–Crippen MR) is 83.7 cm³/mol. The minimum Gasteiger partial charge on any atom is -0.477 e. The molecule has 0 aliphatic rings. The molecule has 1 aromatic heterocycles. The summed E-state index contributed by atoms with van der Waals surface area (Å²) >= 11 is 5.88. The first-order chi connectivity index (χ1) is 10.9. The molecular formula is C15H16ClN3O4. The Labute approximate surface area is 137 Å². The minimum absolute atomic E-state index is 0.0277. The number of aromatic nitrogens is 2. The molecular weight excluding hydrogens is 322 g/mol. The second kappa shape index (κ2) is 7.26. The van der Waals surface area contributed by atoms with Crippen LogP contribution in [-0.2, 0) is 4.74 Å². The van der Waals surface area contributed by atoms with Crippen LogP contribution < -0.4 is 0 Å². The molecule has 23 heavy (non-hydrogen) atoms. The van der Waals surface area contributed by atoms with Crippen molar-refractivity contribution in [2.75, 3.05) is 20.8 Å². The largest absolute Gasteiger partial charge is 0.477 e. The van der Waals surface area contributed by atoms with E-state index in [-0.39, 0.29) is 24.0 Å².